The largest absolute Gasteiger partial charge is 0.299 e. The zero-order valence-corrected chi connectivity index (χ0v) is 10.2. The van der Waals surface area contributed by atoms with Crippen LogP contribution in [0.15, 0.2) is 18.5 Å². The van der Waals surface area contributed by atoms with Crippen LogP contribution in [0.3, 0.4) is 0 Å². The topological polar surface area (TPSA) is 39.9 Å². The molecule has 1 aromatic heterocycles. The maximum Gasteiger partial charge on any atom is 0.0489 e. The van der Waals surface area contributed by atoms with Gasteiger partial charge in [-0.2, -0.15) is 0 Å². The van der Waals surface area contributed by atoms with Crippen molar-refractivity contribution >= 4 is 11.6 Å². The highest BCUT2D eigenvalue weighted by atomic mass is 35.5. The SMILES string of the molecule is C#N.CN1CCCC1c1cncc(CCl)c1. The molecule has 1 aliphatic rings. The van der Waals surface area contributed by atoms with E-state index in [1.807, 2.05) is 12.4 Å². The molecule has 0 saturated carbocycles. The first-order chi connectivity index (χ1) is 7.81. The molecule has 1 fully saturated rings. The Kier molecular flexibility index (Phi) is 5.24. The second-order valence-corrected chi connectivity index (χ2v) is 4.17. The van der Waals surface area contributed by atoms with Crippen LogP contribution in [-0.4, -0.2) is 23.5 Å². The monoisotopic (exact) mass is 237 g/mol. The van der Waals surface area contributed by atoms with Crippen molar-refractivity contribution in [3.05, 3.63) is 29.6 Å². The fourth-order valence-corrected chi connectivity index (χ4v) is 2.24. The maximum absolute atomic E-state index is 6.50. The lowest BCUT2D eigenvalue weighted by Gasteiger charge is -2.19. The molecule has 0 spiro atoms. The average Bonchev–Trinajstić information content (AvgIpc) is 2.78. The van der Waals surface area contributed by atoms with Gasteiger partial charge in [-0.25, -0.2) is 5.26 Å². The number of nitriles is 1. The van der Waals surface area contributed by atoms with E-state index in [9.17, 15) is 0 Å². The Morgan fingerprint density at radius 2 is 2.31 bits per heavy atom. The minimum Gasteiger partial charge on any atom is -0.299 e. The summed E-state index contributed by atoms with van der Waals surface area (Å²) >= 11 is 5.79. The lowest BCUT2D eigenvalue weighted by atomic mass is 10.1. The lowest BCUT2D eigenvalue weighted by Crippen LogP contribution is -2.17. The second-order valence-electron chi connectivity index (χ2n) is 3.90. The molecule has 0 aromatic carbocycles. The Labute approximate surface area is 102 Å². The number of halogens is 1. The third-order valence-corrected chi connectivity index (χ3v) is 3.18. The van der Waals surface area contributed by atoms with Crippen LogP contribution in [0.4, 0.5) is 0 Å². The summed E-state index contributed by atoms with van der Waals surface area (Å²) in [5.74, 6) is 0.553. The summed E-state index contributed by atoms with van der Waals surface area (Å²) in [4.78, 5) is 6.61. The van der Waals surface area contributed by atoms with Crippen molar-refractivity contribution in [3.8, 4) is 6.57 Å². The minimum atomic E-state index is 0.547. The summed E-state index contributed by atoms with van der Waals surface area (Å²) in [6.07, 6.45) is 6.32. The van der Waals surface area contributed by atoms with Crippen molar-refractivity contribution in [2.45, 2.75) is 24.8 Å². The number of alkyl halides is 1. The van der Waals surface area contributed by atoms with Crippen molar-refractivity contribution < 1.29 is 0 Å². The van der Waals surface area contributed by atoms with E-state index < -0.39 is 0 Å². The number of pyridine rings is 1. The second kappa shape index (κ2) is 6.47. The molecule has 16 heavy (non-hydrogen) atoms. The Hall–Kier alpha value is -1.11. The zero-order chi connectivity index (χ0) is 12.0. The van der Waals surface area contributed by atoms with E-state index in [1.165, 1.54) is 24.9 Å². The van der Waals surface area contributed by atoms with Crippen LogP contribution in [-0.2, 0) is 5.88 Å². The number of aromatic nitrogens is 1. The summed E-state index contributed by atoms with van der Waals surface area (Å²) in [6, 6.07) is 2.72. The molecule has 1 saturated heterocycles. The number of hydrogen-bond donors (Lipinski definition) is 0. The first kappa shape index (κ1) is 13.0. The van der Waals surface area contributed by atoms with Crippen LogP contribution in [0.1, 0.15) is 30.0 Å². The van der Waals surface area contributed by atoms with Gasteiger partial charge in [0.25, 0.3) is 0 Å². The molecule has 86 valence electrons. The minimum absolute atomic E-state index is 0.547. The summed E-state index contributed by atoms with van der Waals surface area (Å²) < 4.78 is 0. The molecule has 0 N–H and O–H groups in total. The van der Waals surface area contributed by atoms with Crippen LogP contribution < -0.4 is 0 Å². The van der Waals surface area contributed by atoms with Gasteiger partial charge in [0.1, 0.15) is 0 Å². The predicted molar refractivity (Wildman–Crippen MR) is 65.1 cm³/mol. The van der Waals surface area contributed by atoms with E-state index in [1.54, 1.807) is 0 Å². The average molecular weight is 238 g/mol. The van der Waals surface area contributed by atoms with E-state index in [0.29, 0.717) is 11.9 Å². The molecular weight excluding hydrogens is 222 g/mol. The summed E-state index contributed by atoms with van der Waals surface area (Å²) in [7, 11) is 2.17. The molecule has 3 nitrogen and oxygen atoms in total. The van der Waals surface area contributed by atoms with Crippen molar-refractivity contribution in [1.82, 2.24) is 9.88 Å². The van der Waals surface area contributed by atoms with Crippen LogP contribution in [0.5, 0.6) is 0 Å². The lowest BCUT2D eigenvalue weighted by molar-refractivity contribution is 0.317. The molecule has 1 unspecified atom stereocenters. The van der Waals surface area contributed by atoms with E-state index in [4.69, 9.17) is 16.9 Å². The first-order valence-electron chi connectivity index (χ1n) is 5.27. The van der Waals surface area contributed by atoms with Gasteiger partial charge in [0.05, 0.1) is 0 Å². The third-order valence-electron chi connectivity index (χ3n) is 2.88. The molecule has 0 amide bonds. The highest BCUT2D eigenvalue weighted by molar-refractivity contribution is 6.17. The van der Waals surface area contributed by atoms with Crippen LogP contribution in [0.2, 0.25) is 0 Å². The molecule has 0 bridgehead atoms. The summed E-state index contributed by atoms with van der Waals surface area (Å²) in [6.45, 7) is 4.69. The van der Waals surface area contributed by atoms with E-state index in [2.05, 4.69) is 29.6 Å². The predicted octanol–water partition coefficient (Wildman–Crippen LogP) is 2.73. The zero-order valence-electron chi connectivity index (χ0n) is 9.43. The van der Waals surface area contributed by atoms with Gasteiger partial charge in [0.15, 0.2) is 0 Å². The molecule has 4 heteroatoms. The standard InChI is InChI=1S/C11H15ClN2.CHN/c1-14-4-2-3-11(14)10-5-9(6-12)7-13-8-10;1-2/h5,7-8,11H,2-4,6H2,1H3;1H. The quantitative estimate of drug-likeness (QED) is 0.743. The summed E-state index contributed by atoms with van der Waals surface area (Å²) in [5, 5.41) is 6.50. The normalized spacial score (nSPS) is 20.1. The third kappa shape index (κ3) is 2.94. The molecule has 2 rings (SSSR count). The van der Waals surface area contributed by atoms with Gasteiger partial charge in [-0.15, -0.1) is 11.6 Å². The Balaban J connectivity index is 0.000000606. The van der Waals surface area contributed by atoms with Gasteiger partial charge >= 0.3 is 0 Å². The van der Waals surface area contributed by atoms with Crippen molar-refractivity contribution in [1.29, 1.82) is 5.26 Å². The van der Waals surface area contributed by atoms with Gasteiger partial charge in [-0.1, -0.05) is 0 Å². The van der Waals surface area contributed by atoms with Crippen LogP contribution >= 0.6 is 11.6 Å². The van der Waals surface area contributed by atoms with Gasteiger partial charge in [-0.3, -0.25) is 9.88 Å². The molecule has 0 radical (unpaired) electrons. The Morgan fingerprint density at radius 1 is 1.56 bits per heavy atom. The fraction of sp³-hybridized carbons (Fsp3) is 0.500. The van der Waals surface area contributed by atoms with E-state index in [0.717, 1.165) is 5.56 Å². The molecule has 0 aliphatic carbocycles. The Bertz CT molecular complexity index is 351. The first-order valence-corrected chi connectivity index (χ1v) is 5.80. The van der Waals surface area contributed by atoms with Gasteiger partial charge in [0.2, 0.25) is 0 Å². The highest BCUT2D eigenvalue weighted by Crippen LogP contribution is 2.30. The smallest absolute Gasteiger partial charge is 0.0489 e. The fourth-order valence-electron chi connectivity index (χ4n) is 2.09. The highest BCUT2D eigenvalue weighted by Gasteiger charge is 2.22. The van der Waals surface area contributed by atoms with Gasteiger partial charge < -0.3 is 0 Å². The van der Waals surface area contributed by atoms with Gasteiger partial charge in [0, 0.05) is 30.9 Å². The van der Waals surface area contributed by atoms with Crippen molar-refractivity contribution in [2.24, 2.45) is 0 Å². The maximum atomic E-state index is 6.50. The number of hydrogen-bond acceptors (Lipinski definition) is 3. The number of nitrogens with zero attached hydrogens (tertiary/aromatic N) is 3. The molecule has 1 aromatic rings. The van der Waals surface area contributed by atoms with E-state index in [-0.39, 0.29) is 0 Å². The van der Waals surface area contributed by atoms with E-state index >= 15 is 0 Å². The van der Waals surface area contributed by atoms with Crippen LogP contribution in [0.25, 0.3) is 0 Å². The Morgan fingerprint density at radius 3 is 2.88 bits per heavy atom. The van der Waals surface area contributed by atoms with Crippen molar-refractivity contribution in [3.63, 3.8) is 0 Å². The molecule has 1 atom stereocenters. The molecule has 2 heterocycles. The number of likely N-dealkylation sites (tertiary alicyclic amines) is 1. The van der Waals surface area contributed by atoms with Crippen LogP contribution in [0, 0.1) is 11.8 Å². The molecular formula is C12H16ClN3. The molecule has 1 aliphatic heterocycles. The number of rotatable bonds is 2. The summed E-state index contributed by atoms with van der Waals surface area (Å²) in [5.41, 5.74) is 2.42. The van der Waals surface area contributed by atoms with Gasteiger partial charge in [-0.05, 0) is 43.6 Å². The van der Waals surface area contributed by atoms with Crippen molar-refractivity contribution in [2.75, 3.05) is 13.6 Å².